The summed E-state index contributed by atoms with van der Waals surface area (Å²) in [6.45, 7) is 2.05. The summed E-state index contributed by atoms with van der Waals surface area (Å²) in [5, 5.41) is 32.0. The summed E-state index contributed by atoms with van der Waals surface area (Å²) in [7, 11) is -3.98. The molecule has 212 valence electrons. The number of aromatic nitrogens is 3. The fourth-order valence-electron chi connectivity index (χ4n) is 4.78. The van der Waals surface area contributed by atoms with E-state index < -0.39 is 23.9 Å². The van der Waals surface area contributed by atoms with Crippen LogP contribution in [-0.2, 0) is 28.0 Å². The lowest BCUT2D eigenvalue weighted by molar-refractivity contribution is 0.424. The Morgan fingerprint density at radius 3 is 2.67 bits per heavy atom. The Morgan fingerprint density at radius 1 is 1.17 bits per heavy atom. The van der Waals surface area contributed by atoms with E-state index in [1.165, 1.54) is 28.3 Å². The molecule has 3 aromatic heterocycles. The molecular weight excluding hydrogens is 590 g/mol. The maximum atomic E-state index is 14.8. The van der Waals surface area contributed by atoms with Crippen molar-refractivity contribution in [2.24, 2.45) is 11.1 Å². The summed E-state index contributed by atoms with van der Waals surface area (Å²) in [5.74, 6) is 6.40. The number of nitrogens with two attached hydrogens (primary N) is 1. The quantitative estimate of drug-likeness (QED) is 0.105. The van der Waals surface area contributed by atoms with Gasteiger partial charge in [-0.05, 0) is 74.1 Å². The van der Waals surface area contributed by atoms with Crippen LogP contribution in [0.4, 0.5) is 4.39 Å². The molecule has 12 heteroatoms. The van der Waals surface area contributed by atoms with Gasteiger partial charge < -0.3 is 10.0 Å². The van der Waals surface area contributed by atoms with Gasteiger partial charge in [0.15, 0.2) is 16.8 Å². The van der Waals surface area contributed by atoms with E-state index in [1.807, 2.05) is 36.4 Å². The molecule has 4 N–H and O–H groups in total. The summed E-state index contributed by atoms with van der Waals surface area (Å²) in [6, 6.07) is 16.5. The van der Waals surface area contributed by atoms with E-state index in [2.05, 4.69) is 23.7 Å². The lowest BCUT2D eigenvalue weighted by Crippen LogP contribution is -2.30. The van der Waals surface area contributed by atoms with E-state index in [1.54, 1.807) is 27.5 Å². The first-order chi connectivity index (χ1) is 20.2. The molecule has 0 bridgehead atoms. The van der Waals surface area contributed by atoms with Gasteiger partial charge in [-0.2, -0.15) is 5.10 Å². The second kappa shape index (κ2) is 12.0. The monoisotopic (exact) mass is 617 g/mol. The number of aryl methyl sites for hydroxylation is 1. The second-order valence-electron chi connectivity index (χ2n) is 10.3. The standard InChI is InChI=1S/C30H26BFN4O3S3/c1-18-5-10-23(41-18)11-8-19-3-2-4-22(13-19)29-24(14-21-9-12-27(42(33)39)25(32)15-21)26(16-20-6-7-20)36(35-29)30-34-28(17-40-30)31(37)38/h2-5,9-10,12-13,15,17,20,37-38H,6-7,14,16H2,1H3,(H2,33,39)/p+1. The van der Waals surface area contributed by atoms with Gasteiger partial charge in [0.1, 0.15) is 0 Å². The number of thiophene rings is 1. The van der Waals surface area contributed by atoms with Gasteiger partial charge in [-0.15, -0.1) is 27.8 Å². The normalized spacial score (nSPS) is 13.5. The third-order valence-corrected chi connectivity index (χ3v) is 9.65. The second-order valence-corrected chi connectivity index (χ2v) is 13.5. The largest absolute Gasteiger partial charge is 0.509 e. The van der Waals surface area contributed by atoms with Crippen molar-refractivity contribution in [2.75, 3.05) is 0 Å². The van der Waals surface area contributed by atoms with Crippen molar-refractivity contribution in [3.05, 3.63) is 97.9 Å². The molecule has 1 saturated carbocycles. The molecule has 5 aromatic rings. The number of hydrogen-bond acceptors (Lipinski definition) is 7. The summed E-state index contributed by atoms with van der Waals surface area (Å²) in [5.41, 5.74) is 5.13. The number of rotatable bonds is 8. The highest BCUT2D eigenvalue weighted by Gasteiger charge is 2.30. The van der Waals surface area contributed by atoms with E-state index in [-0.39, 0.29) is 10.5 Å². The van der Waals surface area contributed by atoms with Crippen molar-refractivity contribution in [3.63, 3.8) is 0 Å². The van der Waals surface area contributed by atoms with Crippen LogP contribution in [0.3, 0.4) is 0 Å². The van der Waals surface area contributed by atoms with E-state index in [9.17, 15) is 18.6 Å². The highest BCUT2D eigenvalue weighted by molar-refractivity contribution is 7.82. The van der Waals surface area contributed by atoms with Crippen LogP contribution in [0.2, 0.25) is 0 Å². The van der Waals surface area contributed by atoms with Gasteiger partial charge in [-0.25, -0.2) is 14.1 Å². The zero-order chi connectivity index (χ0) is 29.4. The molecule has 1 atom stereocenters. The summed E-state index contributed by atoms with van der Waals surface area (Å²) in [6.07, 6.45) is 3.35. The minimum Gasteiger partial charge on any atom is -0.422 e. The molecule has 1 aliphatic rings. The first-order valence-corrected chi connectivity index (χ1v) is 16.4. The minimum absolute atomic E-state index is 0.00652. The van der Waals surface area contributed by atoms with Crippen LogP contribution in [0, 0.1) is 30.5 Å². The van der Waals surface area contributed by atoms with Crippen LogP contribution in [0.15, 0.2) is 64.9 Å². The molecule has 1 unspecified atom stereocenters. The van der Waals surface area contributed by atoms with Crippen molar-refractivity contribution in [1.29, 1.82) is 0 Å². The number of halogens is 1. The highest BCUT2D eigenvalue weighted by Crippen LogP contribution is 2.38. The van der Waals surface area contributed by atoms with Gasteiger partial charge in [0.25, 0.3) is 0 Å². The third-order valence-electron chi connectivity index (χ3n) is 7.06. The predicted octanol–water partition coefficient (Wildman–Crippen LogP) is 4.06. The molecule has 42 heavy (non-hydrogen) atoms. The van der Waals surface area contributed by atoms with E-state index in [0.29, 0.717) is 23.0 Å². The Balaban J connectivity index is 1.48. The van der Waals surface area contributed by atoms with Crippen LogP contribution in [0.1, 0.15) is 45.0 Å². The smallest absolute Gasteiger partial charge is 0.422 e. The van der Waals surface area contributed by atoms with Crippen LogP contribution in [0.5, 0.6) is 0 Å². The molecular formula is C30H27BFN4O3S3+. The number of thiol groups is 1. The van der Waals surface area contributed by atoms with Gasteiger partial charge in [0, 0.05) is 33.4 Å². The van der Waals surface area contributed by atoms with Crippen LogP contribution in [0.25, 0.3) is 16.4 Å². The first kappa shape index (κ1) is 28.7. The summed E-state index contributed by atoms with van der Waals surface area (Å²) < 4.78 is 28.4. The molecule has 2 aromatic carbocycles. The van der Waals surface area contributed by atoms with Gasteiger partial charge in [0.2, 0.25) is 10.0 Å². The fraction of sp³-hybridized carbons (Fsp3) is 0.200. The molecule has 0 amide bonds. The molecule has 1 fully saturated rings. The molecule has 0 aliphatic heterocycles. The van der Waals surface area contributed by atoms with Gasteiger partial charge in [0.05, 0.1) is 21.9 Å². The zero-order valence-electron chi connectivity index (χ0n) is 22.6. The van der Waals surface area contributed by atoms with E-state index in [0.717, 1.165) is 52.2 Å². The molecule has 3 heterocycles. The van der Waals surface area contributed by atoms with E-state index in [4.69, 9.17) is 10.2 Å². The average molecular weight is 618 g/mol. The van der Waals surface area contributed by atoms with Crippen molar-refractivity contribution < 1.29 is 18.6 Å². The summed E-state index contributed by atoms with van der Waals surface area (Å²) >= 11 is 2.92. The molecule has 1 aliphatic carbocycles. The maximum Gasteiger partial charge on any atom is 0.509 e. The molecule has 0 spiro atoms. The van der Waals surface area contributed by atoms with Crippen molar-refractivity contribution in [2.45, 2.75) is 37.5 Å². The lowest BCUT2D eigenvalue weighted by atomic mass is 9.88. The summed E-state index contributed by atoms with van der Waals surface area (Å²) in [4.78, 5) is 6.63. The average Bonchev–Trinajstić information content (AvgIpc) is 3.31. The SMILES string of the molecule is Cc1ccc(C#Cc2cccc(-c3nn(-c4nc(B(O)O)cs4)c(CC4CC4)c3Cc3ccc([SH+](N)=O)c(F)c3)c2)s1. The van der Waals surface area contributed by atoms with Gasteiger partial charge in [-0.1, -0.05) is 34.2 Å². The molecule has 6 rings (SSSR count). The number of benzene rings is 2. The maximum absolute atomic E-state index is 14.8. The minimum atomic E-state index is -2.29. The highest BCUT2D eigenvalue weighted by atomic mass is 32.2. The van der Waals surface area contributed by atoms with Gasteiger partial charge in [-0.3, -0.25) is 0 Å². The van der Waals surface area contributed by atoms with Crippen molar-refractivity contribution in [1.82, 2.24) is 14.8 Å². The Morgan fingerprint density at radius 2 is 2.00 bits per heavy atom. The Hall–Kier alpha value is -3.44. The third kappa shape index (κ3) is 6.32. The molecule has 0 saturated heterocycles. The van der Waals surface area contributed by atoms with E-state index >= 15 is 0 Å². The lowest BCUT2D eigenvalue weighted by Gasteiger charge is -2.09. The Bertz CT molecular complexity index is 1870. The first-order valence-electron chi connectivity index (χ1n) is 13.4. The molecule has 7 nitrogen and oxygen atoms in total. The van der Waals surface area contributed by atoms with Gasteiger partial charge >= 0.3 is 7.12 Å². The number of hydrogen-bond donors (Lipinski definition) is 3. The van der Waals surface area contributed by atoms with Crippen LogP contribution in [-0.4, -0.2) is 31.9 Å². The van der Waals surface area contributed by atoms with Crippen molar-refractivity contribution in [3.8, 4) is 28.2 Å². The zero-order valence-corrected chi connectivity index (χ0v) is 25.1. The van der Waals surface area contributed by atoms with Crippen LogP contribution < -0.4 is 10.7 Å². The number of thiazole rings is 1. The predicted molar refractivity (Wildman–Crippen MR) is 167 cm³/mol. The van der Waals surface area contributed by atoms with Crippen molar-refractivity contribution >= 4 is 46.4 Å². The Labute approximate surface area is 253 Å². The number of nitrogens with zero attached hydrogens (tertiary/aromatic N) is 3. The van der Waals surface area contributed by atoms with Crippen LogP contribution >= 0.6 is 22.7 Å². The Kier molecular flexibility index (Phi) is 8.23. The topological polar surface area (TPSA) is 114 Å². The fourth-order valence-corrected chi connectivity index (χ4v) is 6.81. The molecule has 0 radical (unpaired) electrons.